The number of esters is 1. The highest BCUT2D eigenvalue weighted by atomic mass is 32.2. The van der Waals surface area contributed by atoms with Crippen molar-refractivity contribution in [3.63, 3.8) is 0 Å². The third kappa shape index (κ3) is 12.2. The van der Waals surface area contributed by atoms with E-state index in [-0.39, 0.29) is 45.1 Å². The molecule has 1 aliphatic carbocycles. The van der Waals surface area contributed by atoms with Gasteiger partial charge < -0.3 is 30.3 Å². The van der Waals surface area contributed by atoms with E-state index in [4.69, 9.17) is 9.47 Å². The van der Waals surface area contributed by atoms with E-state index in [0.717, 1.165) is 39.2 Å². The largest absolute Gasteiger partial charge is 0.469 e. The lowest BCUT2D eigenvalue weighted by Crippen LogP contribution is -2.59. The zero-order chi connectivity index (χ0) is 32.8. The summed E-state index contributed by atoms with van der Waals surface area (Å²) in [4.78, 5) is 39.8. The van der Waals surface area contributed by atoms with E-state index in [1.54, 1.807) is 37.3 Å². The van der Waals surface area contributed by atoms with Gasteiger partial charge in [-0.15, -0.1) is 0 Å². The normalized spacial score (nSPS) is 19.9. The van der Waals surface area contributed by atoms with E-state index in [1.165, 1.54) is 4.31 Å². The summed E-state index contributed by atoms with van der Waals surface area (Å²) in [5.74, 6) is -2.00. The molecule has 1 aromatic carbocycles. The van der Waals surface area contributed by atoms with Gasteiger partial charge in [0.25, 0.3) is 10.2 Å². The summed E-state index contributed by atoms with van der Waals surface area (Å²) in [6, 6.07) is 5.39. The third-order valence-corrected chi connectivity index (χ3v) is 10.1. The molecule has 2 aliphatic rings. The van der Waals surface area contributed by atoms with Gasteiger partial charge in [-0.05, 0) is 30.7 Å². The molecule has 1 saturated heterocycles. The van der Waals surface area contributed by atoms with Gasteiger partial charge in [-0.2, -0.15) is 17.4 Å². The van der Waals surface area contributed by atoms with Gasteiger partial charge >= 0.3 is 5.97 Å². The third-order valence-electron chi connectivity index (χ3n) is 8.52. The second-order valence-corrected chi connectivity index (χ2v) is 13.6. The molecule has 5 atom stereocenters. The summed E-state index contributed by atoms with van der Waals surface area (Å²) < 4.78 is 40.2. The fraction of sp³-hybridized carbons (Fsp3) is 0.710. The van der Waals surface area contributed by atoms with E-state index in [1.807, 2.05) is 0 Å². The lowest BCUT2D eigenvalue weighted by atomic mass is 9.83. The van der Waals surface area contributed by atoms with Crippen molar-refractivity contribution in [2.45, 2.75) is 101 Å². The van der Waals surface area contributed by atoms with Gasteiger partial charge in [0.2, 0.25) is 11.8 Å². The molecular weight excluding hydrogens is 604 g/mol. The zero-order valence-electron chi connectivity index (χ0n) is 26.4. The summed E-state index contributed by atoms with van der Waals surface area (Å²) in [6.07, 6.45) is 3.83. The topological polar surface area (TPSA) is 184 Å². The van der Waals surface area contributed by atoms with E-state index >= 15 is 0 Å². The zero-order valence-corrected chi connectivity index (χ0v) is 27.2. The van der Waals surface area contributed by atoms with Crippen LogP contribution < -0.4 is 15.4 Å². The maximum atomic E-state index is 13.7. The van der Waals surface area contributed by atoms with Crippen molar-refractivity contribution in [2.24, 2.45) is 5.92 Å². The Balaban J connectivity index is 1.82. The van der Waals surface area contributed by atoms with Gasteiger partial charge in [-0.25, -0.2) is 0 Å². The monoisotopic (exact) mass is 654 g/mol. The fourth-order valence-electron chi connectivity index (χ4n) is 5.80. The van der Waals surface area contributed by atoms with Crippen LogP contribution in [0.2, 0.25) is 0 Å². The van der Waals surface area contributed by atoms with E-state index in [0.29, 0.717) is 18.4 Å². The fourth-order valence-corrected chi connectivity index (χ4v) is 7.13. The Morgan fingerprint density at radius 2 is 1.64 bits per heavy atom. The second kappa shape index (κ2) is 18.5. The van der Waals surface area contributed by atoms with Crippen LogP contribution in [0.5, 0.6) is 0 Å². The Morgan fingerprint density at radius 1 is 1.00 bits per heavy atom. The van der Waals surface area contributed by atoms with E-state index < -0.39 is 64.7 Å². The number of carbonyl (C=O) groups excluding carboxylic acids is 3. The molecule has 1 saturated carbocycles. The standard InChI is InChI=1S/C31H50N4O9S/c1-3-24(36)20-28(37)25(18-22-10-6-4-7-11-22)32-30(39)26(21-29(38)43-2)33-31(40)27(19-23-12-8-5-9-13-23)34-45(41,42)35-14-16-44-17-15-35/h5,8-9,12-13,22,24-28,34,36-37H,3-4,6-7,10-11,14-21H2,1-2H3,(H,32,39)(H,33,40)/t24-,25+,26+,27+,28+/m1/s1. The molecule has 1 heterocycles. The van der Waals surface area contributed by atoms with Gasteiger partial charge in [0.05, 0.1) is 45.0 Å². The van der Waals surface area contributed by atoms with Crippen LogP contribution in [0, 0.1) is 5.92 Å². The number of aliphatic hydroxyl groups is 2. The van der Waals surface area contributed by atoms with Crippen LogP contribution in [0.1, 0.15) is 70.3 Å². The molecule has 13 nitrogen and oxygen atoms in total. The summed E-state index contributed by atoms with van der Waals surface area (Å²) in [5, 5.41) is 26.7. The quantitative estimate of drug-likeness (QED) is 0.152. The number of methoxy groups -OCH3 is 1. The van der Waals surface area contributed by atoms with Gasteiger partial charge in [0.1, 0.15) is 12.1 Å². The van der Waals surface area contributed by atoms with Crippen LogP contribution in [0.15, 0.2) is 30.3 Å². The summed E-state index contributed by atoms with van der Waals surface area (Å²) in [7, 11) is -2.94. The number of aliphatic hydroxyl groups excluding tert-OH is 2. The molecule has 1 aliphatic heterocycles. The van der Waals surface area contributed by atoms with Crippen molar-refractivity contribution in [3.8, 4) is 0 Å². The van der Waals surface area contributed by atoms with Crippen molar-refractivity contribution in [3.05, 3.63) is 35.9 Å². The van der Waals surface area contributed by atoms with Gasteiger partial charge in [0, 0.05) is 19.5 Å². The molecule has 0 aromatic heterocycles. The molecule has 1 aromatic rings. The number of nitrogens with zero attached hydrogens (tertiary/aromatic N) is 1. The highest BCUT2D eigenvalue weighted by Gasteiger charge is 2.35. The molecule has 5 N–H and O–H groups in total. The average molecular weight is 655 g/mol. The molecule has 254 valence electrons. The smallest absolute Gasteiger partial charge is 0.308 e. The molecule has 0 bridgehead atoms. The highest BCUT2D eigenvalue weighted by molar-refractivity contribution is 7.87. The Hall–Kier alpha value is -2.62. The van der Waals surface area contributed by atoms with Crippen molar-refractivity contribution in [1.29, 1.82) is 0 Å². The van der Waals surface area contributed by atoms with Crippen LogP contribution in [-0.2, 0) is 40.5 Å². The summed E-state index contributed by atoms with van der Waals surface area (Å²) in [5.41, 5.74) is 0.682. The Bertz CT molecular complexity index is 1170. The lowest BCUT2D eigenvalue weighted by molar-refractivity contribution is -0.144. The molecule has 14 heteroatoms. The Labute approximate surface area is 266 Å². The maximum absolute atomic E-state index is 13.7. The van der Waals surface area contributed by atoms with Crippen molar-refractivity contribution in [2.75, 3.05) is 33.4 Å². The molecule has 3 rings (SSSR count). The number of ether oxygens (including phenoxy) is 2. The number of hydrogen-bond acceptors (Lipinski definition) is 9. The summed E-state index contributed by atoms with van der Waals surface area (Å²) in [6.45, 7) is 2.49. The van der Waals surface area contributed by atoms with Crippen LogP contribution in [-0.4, -0.2) is 104 Å². The molecule has 0 unspecified atom stereocenters. The molecule has 2 amide bonds. The minimum Gasteiger partial charge on any atom is -0.469 e. The molecule has 2 fully saturated rings. The highest BCUT2D eigenvalue weighted by Crippen LogP contribution is 2.28. The molecule has 45 heavy (non-hydrogen) atoms. The number of amides is 2. The number of carbonyl (C=O) groups is 3. The van der Waals surface area contributed by atoms with Crippen LogP contribution in [0.3, 0.4) is 0 Å². The predicted octanol–water partition coefficient (Wildman–Crippen LogP) is 0.789. The number of morpholine rings is 1. The van der Waals surface area contributed by atoms with Crippen LogP contribution in [0.4, 0.5) is 0 Å². The first-order valence-electron chi connectivity index (χ1n) is 15.9. The Kier molecular flexibility index (Phi) is 15.2. The van der Waals surface area contributed by atoms with Gasteiger partial charge in [0.15, 0.2) is 0 Å². The van der Waals surface area contributed by atoms with Gasteiger partial charge in [-0.3, -0.25) is 14.4 Å². The van der Waals surface area contributed by atoms with Crippen molar-refractivity contribution >= 4 is 28.0 Å². The minimum absolute atomic E-state index is 0.0132. The Morgan fingerprint density at radius 3 is 2.27 bits per heavy atom. The van der Waals surface area contributed by atoms with Crippen LogP contribution >= 0.6 is 0 Å². The first-order chi connectivity index (χ1) is 21.5. The molecular formula is C31H50N4O9S. The first-order valence-corrected chi connectivity index (χ1v) is 17.4. The predicted molar refractivity (Wildman–Crippen MR) is 167 cm³/mol. The lowest BCUT2D eigenvalue weighted by Gasteiger charge is -2.32. The second-order valence-electron chi connectivity index (χ2n) is 11.9. The minimum atomic E-state index is -4.10. The number of hydrogen-bond donors (Lipinski definition) is 5. The van der Waals surface area contributed by atoms with Crippen LogP contribution in [0.25, 0.3) is 0 Å². The van der Waals surface area contributed by atoms with Crippen molar-refractivity contribution < 1.29 is 42.5 Å². The first kappa shape index (κ1) is 36.8. The molecule has 0 radical (unpaired) electrons. The summed E-state index contributed by atoms with van der Waals surface area (Å²) >= 11 is 0. The van der Waals surface area contributed by atoms with Crippen molar-refractivity contribution in [1.82, 2.24) is 19.7 Å². The molecule has 0 spiro atoms. The van der Waals surface area contributed by atoms with E-state index in [2.05, 4.69) is 15.4 Å². The average Bonchev–Trinajstić information content (AvgIpc) is 3.04. The van der Waals surface area contributed by atoms with E-state index in [9.17, 15) is 33.0 Å². The number of benzene rings is 1. The number of nitrogens with one attached hydrogen (secondary N) is 3. The van der Waals surface area contributed by atoms with Gasteiger partial charge in [-0.1, -0.05) is 69.4 Å². The number of rotatable bonds is 17. The SMILES string of the molecule is CC[C@@H](O)C[C@H](O)[C@H](CC1CCCCC1)NC(=O)[C@H](CC(=O)OC)NC(=O)[C@H](Cc1ccccc1)NS(=O)(=O)N1CCOCC1. The maximum Gasteiger partial charge on any atom is 0.308 e.